The molecule has 1 atom stereocenters. The fourth-order valence-corrected chi connectivity index (χ4v) is 2.12. The van der Waals surface area contributed by atoms with Gasteiger partial charge in [-0.05, 0) is 5.56 Å². The summed E-state index contributed by atoms with van der Waals surface area (Å²) in [4.78, 5) is 12.5. The molecule has 0 bridgehead atoms. The van der Waals surface area contributed by atoms with Crippen LogP contribution in [0.4, 0.5) is 0 Å². The van der Waals surface area contributed by atoms with Gasteiger partial charge in [-0.1, -0.05) is 30.3 Å². The van der Waals surface area contributed by atoms with E-state index in [4.69, 9.17) is 5.11 Å². The molecule has 3 rings (SSSR count). The van der Waals surface area contributed by atoms with Crippen molar-refractivity contribution in [2.75, 3.05) is 6.61 Å². The van der Waals surface area contributed by atoms with Gasteiger partial charge in [0.25, 0.3) is 0 Å². The van der Waals surface area contributed by atoms with Gasteiger partial charge in [0.15, 0.2) is 5.65 Å². The van der Waals surface area contributed by atoms with Gasteiger partial charge in [0, 0.05) is 0 Å². The van der Waals surface area contributed by atoms with Gasteiger partial charge in [-0.25, -0.2) is 15.0 Å². The summed E-state index contributed by atoms with van der Waals surface area (Å²) >= 11 is 0. The number of rotatable bonds is 4. The van der Waals surface area contributed by atoms with Crippen molar-refractivity contribution in [3.05, 3.63) is 54.2 Å². The number of aromatic nitrogens is 4. The smallest absolute Gasteiger partial charge is 0.163 e. The SMILES string of the molecule is OC[C@H](O)c1ncnc2c1ncn2Cc1ccccc1. The second-order valence-electron chi connectivity index (χ2n) is 4.49. The Labute approximate surface area is 115 Å². The van der Waals surface area contributed by atoms with E-state index in [-0.39, 0.29) is 0 Å². The minimum atomic E-state index is -1.04. The Bertz CT molecular complexity index is 712. The molecular weight excluding hydrogens is 256 g/mol. The van der Waals surface area contributed by atoms with Crippen LogP contribution >= 0.6 is 0 Å². The summed E-state index contributed by atoms with van der Waals surface area (Å²) in [6, 6.07) is 9.97. The van der Waals surface area contributed by atoms with Gasteiger partial charge in [0.1, 0.15) is 23.6 Å². The van der Waals surface area contributed by atoms with Crippen molar-refractivity contribution in [3.63, 3.8) is 0 Å². The molecule has 0 aliphatic heterocycles. The van der Waals surface area contributed by atoms with Crippen molar-refractivity contribution >= 4 is 11.2 Å². The molecule has 0 radical (unpaired) electrons. The molecule has 0 amide bonds. The third kappa shape index (κ3) is 2.26. The molecule has 2 heterocycles. The Morgan fingerprint density at radius 2 is 1.90 bits per heavy atom. The lowest BCUT2D eigenvalue weighted by Crippen LogP contribution is -2.07. The van der Waals surface area contributed by atoms with Crippen molar-refractivity contribution in [2.45, 2.75) is 12.6 Å². The molecule has 0 saturated carbocycles. The van der Waals surface area contributed by atoms with Gasteiger partial charge >= 0.3 is 0 Å². The Kier molecular flexibility index (Phi) is 3.41. The van der Waals surface area contributed by atoms with Crippen molar-refractivity contribution in [1.29, 1.82) is 0 Å². The van der Waals surface area contributed by atoms with Gasteiger partial charge in [-0.3, -0.25) is 0 Å². The standard InChI is InChI=1S/C14H14N4O2/c19-7-11(20)12-13-14(16-8-15-12)18(9-17-13)6-10-4-2-1-3-5-10/h1-5,8-9,11,19-20H,6-7H2/t11-/m0/s1. The van der Waals surface area contributed by atoms with E-state index in [0.717, 1.165) is 5.56 Å². The summed E-state index contributed by atoms with van der Waals surface area (Å²) in [5.74, 6) is 0. The zero-order chi connectivity index (χ0) is 13.9. The highest BCUT2D eigenvalue weighted by atomic mass is 16.3. The molecule has 0 aliphatic rings. The van der Waals surface area contributed by atoms with E-state index in [1.165, 1.54) is 6.33 Å². The summed E-state index contributed by atoms with van der Waals surface area (Å²) in [6.07, 6.45) is 2.00. The van der Waals surface area contributed by atoms with Crippen molar-refractivity contribution in [3.8, 4) is 0 Å². The van der Waals surface area contributed by atoms with E-state index in [9.17, 15) is 5.11 Å². The molecule has 0 spiro atoms. The summed E-state index contributed by atoms with van der Waals surface area (Å²) in [5, 5.41) is 18.8. The lowest BCUT2D eigenvalue weighted by molar-refractivity contribution is 0.0932. The van der Waals surface area contributed by atoms with Crippen LogP contribution in [0.3, 0.4) is 0 Å². The van der Waals surface area contributed by atoms with Crippen LogP contribution in [0.25, 0.3) is 11.2 Å². The number of aliphatic hydroxyl groups excluding tert-OH is 2. The normalized spacial score (nSPS) is 12.7. The van der Waals surface area contributed by atoms with Crippen molar-refractivity contribution in [1.82, 2.24) is 19.5 Å². The molecule has 0 aliphatic carbocycles. The number of benzene rings is 1. The van der Waals surface area contributed by atoms with Crippen LogP contribution in [0.15, 0.2) is 43.0 Å². The van der Waals surface area contributed by atoms with Crippen LogP contribution in [-0.2, 0) is 6.54 Å². The van der Waals surface area contributed by atoms with Crippen LogP contribution in [0.1, 0.15) is 17.4 Å². The molecule has 2 N–H and O–H groups in total. The highest BCUT2D eigenvalue weighted by molar-refractivity contribution is 5.73. The Hall–Kier alpha value is -2.31. The average Bonchev–Trinajstić information content (AvgIpc) is 2.91. The van der Waals surface area contributed by atoms with Gasteiger partial charge in [0.05, 0.1) is 19.5 Å². The predicted molar refractivity (Wildman–Crippen MR) is 72.9 cm³/mol. The molecule has 2 aromatic heterocycles. The van der Waals surface area contributed by atoms with Gasteiger partial charge in [-0.2, -0.15) is 0 Å². The lowest BCUT2D eigenvalue weighted by atomic mass is 10.2. The van der Waals surface area contributed by atoms with E-state index in [2.05, 4.69) is 15.0 Å². The number of nitrogens with zero attached hydrogens (tertiary/aromatic N) is 4. The first-order valence-corrected chi connectivity index (χ1v) is 6.28. The van der Waals surface area contributed by atoms with Gasteiger partial charge in [-0.15, -0.1) is 0 Å². The molecule has 3 aromatic rings. The number of fused-ring (bicyclic) bond motifs is 1. The summed E-state index contributed by atoms with van der Waals surface area (Å²) in [7, 11) is 0. The number of aliphatic hydroxyl groups is 2. The van der Waals surface area contributed by atoms with E-state index in [1.54, 1.807) is 6.33 Å². The monoisotopic (exact) mass is 270 g/mol. The van der Waals surface area contributed by atoms with E-state index < -0.39 is 12.7 Å². The molecule has 0 fully saturated rings. The van der Waals surface area contributed by atoms with Crippen molar-refractivity contribution in [2.24, 2.45) is 0 Å². The molecule has 102 valence electrons. The molecule has 1 aromatic carbocycles. The molecule has 20 heavy (non-hydrogen) atoms. The van der Waals surface area contributed by atoms with E-state index in [1.807, 2.05) is 34.9 Å². The summed E-state index contributed by atoms with van der Waals surface area (Å²) in [5.41, 5.74) is 2.65. The molecule has 0 unspecified atom stereocenters. The van der Waals surface area contributed by atoms with Crippen LogP contribution in [0, 0.1) is 0 Å². The maximum absolute atomic E-state index is 9.74. The van der Waals surface area contributed by atoms with Crippen LogP contribution < -0.4 is 0 Å². The Morgan fingerprint density at radius 3 is 2.65 bits per heavy atom. The number of imidazole rings is 1. The maximum atomic E-state index is 9.74. The van der Waals surface area contributed by atoms with Crippen molar-refractivity contribution < 1.29 is 10.2 Å². The third-order valence-electron chi connectivity index (χ3n) is 3.11. The third-order valence-corrected chi connectivity index (χ3v) is 3.11. The highest BCUT2D eigenvalue weighted by Crippen LogP contribution is 2.19. The van der Waals surface area contributed by atoms with Crippen LogP contribution in [-0.4, -0.2) is 36.3 Å². The first-order valence-electron chi connectivity index (χ1n) is 6.28. The lowest BCUT2D eigenvalue weighted by Gasteiger charge is -2.07. The largest absolute Gasteiger partial charge is 0.393 e. The van der Waals surface area contributed by atoms with Crippen LogP contribution in [0.5, 0.6) is 0 Å². The first kappa shape index (κ1) is 12.7. The highest BCUT2D eigenvalue weighted by Gasteiger charge is 2.16. The Balaban J connectivity index is 2.02. The summed E-state index contributed by atoms with van der Waals surface area (Å²) < 4.78 is 1.89. The zero-order valence-electron chi connectivity index (χ0n) is 10.7. The van der Waals surface area contributed by atoms with Gasteiger partial charge in [0.2, 0.25) is 0 Å². The molecular formula is C14H14N4O2. The molecule has 6 heteroatoms. The maximum Gasteiger partial charge on any atom is 0.163 e. The first-order chi connectivity index (χ1) is 9.79. The molecule has 0 saturated heterocycles. The topological polar surface area (TPSA) is 84.1 Å². The Morgan fingerprint density at radius 1 is 1.10 bits per heavy atom. The predicted octanol–water partition coefficient (Wildman–Crippen LogP) is 0.900. The average molecular weight is 270 g/mol. The quantitative estimate of drug-likeness (QED) is 0.736. The minimum Gasteiger partial charge on any atom is -0.393 e. The number of hydrogen-bond donors (Lipinski definition) is 2. The summed E-state index contributed by atoms with van der Waals surface area (Å²) in [6.45, 7) is 0.251. The second-order valence-corrected chi connectivity index (χ2v) is 4.49. The minimum absolute atomic E-state index is 0.351. The second kappa shape index (κ2) is 5.36. The fourth-order valence-electron chi connectivity index (χ4n) is 2.12. The zero-order valence-corrected chi connectivity index (χ0v) is 10.7. The van der Waals surface area contributed by atoms with E-state index in [0.29, 0.717) is 23.4 Å². The van der Waals surface area contributed by atoms with Crippen LogP contribution in [0.2, 0.25) is 0 Å². The fraction of sp³-hybridized carbons (Fsp3) is 0.214. The molecule has 6 nitrogen and oxygen atoms in total. The number of hydrogen-bond acceptors (Lipinski definition) is 5. The van der Waals surface area contributed by atoms with E-state index >= 15 is 0 Å². The van der Waals surface area contributed by atoms with Gasteiger partial charge < -0.3 is 14.8 Å².